The Kier molecular flexibility index (Phi) is 7.10. The van der Waals surface area contributed by atoms with Crippen molar-refractivity contribution in [3.8, 4) is 11.5 Å². The van der Waals surface area contributed by atoms with Gasteiger partial charge in [-0.2, -0.15) is 0 Å². The molecule has 2 heterocycles. The van der Waals surface area contributed by atoms with Gasteiger partial charge in [-0.3, -0.25) is 0 Å². The first-order valence-corrected chi connectivity index (χ1v) is 11.1. The molecular weight excluding hydrogens is 397 g/mol. The molecular formula is C25H32FNO4. The van der Waals surface area contributed by atoms with E-state index in [-0.39, 0.29) is 5.82 Å². The first-order valence-electron chi connectivity index (χ1n) is 11.1. The lowest BCUT2D eigenvalue weighted by atomic mass is 9.90. The van der Waals surface area contributed by atoms with Crippen molar-refractivity contribution in [1.82, 2.24) is 4.90 Å². The van der Waals surface area contributed by atoms with Crippen LogP contribution < -0.4 is 9.47 Å². The van der Waals surface area contributed by atoms with Crippen molar-refractivity contribution in [3.63, 3.8) is 0 Å². The molecule has 2 aliphatic rings. The summed E-state index contributed by atoms with van der Waals surface area (Å²) in [4.78, 5) is 2.53. The van der Waals surface area contributed by atoms with Crippen LogP contribution in [0.1, 0.15) is 42.7 Å². The van der Waals surface area contributed by atoms with Crippen molar-refractivity contribution in [1.29, 1.82) is 0 Å². The van der Waals surface area contributed by atoms with E-state index in [2.05, 4.69) is 17.0 Å². The zero-order valence-electron chi connectivity index (χ0n) is 18.4. The van der Waals surface area contributed by atoms with Gasteiger partial charge in [-0.15, -0.1) is 0 Å². The van der Waals surface area contributed by atoms with Crippen LogP contribution in [0.4, 0.5) is 4.39 Å². The van der Waals surface area contributed by atoms with Crippen LogP contribution in [0.25, 0.3) is 0 Å². The summed E-state index contributed by atoms with van der Waals surface area (Å²) < 4.78 is 36.2. The standard InChI is InChI=1S/C25H32FNO4/c1-28-23-11-6-19(17-24(23)29-2)20-5-3-13-27(18-20)14-4-12-25(30-15-16-31-25)21-7-9-22(26)10-8-21/h6-11,17,20H,3-5,12-16,18H2,1-2H3. The van der Waals surface area contributed by atoms with Crippen LogP contribution in [0, 0.1) is 5.82 Å². The van der Waals surface area contributed by atoms with Gasteiger partial charge in [0.15, 0.2) is 17.3 Å². The molecule has 0 bridgehead atoms. The van der Waals surface area contributed by atoms with Crippen molar-refractivity contribution in [2.45, 2.75) is 37.4 Å². The molecule has 0 spiro atoms. The predicted molar refractivity (Wildman–Crippen MR) is 117 cm³/mol. The predicted octanol–water partition coefficient (Wildman–Crippen LogP) is 4.70. The normalized spacial score (nSPS) is 21.2. The Morgan fingerprint density at radius 1 is 1.03 bits per heavy atom. The third-order valence-corrected chi connectivity index (χ3v) is 6.40. The second kappa shape index (κ2) is 9.98. The fourth-order valence-corrected chi connectivity index (χ4v) is 4.79. The molecule has 2 aliphatic heterocycles. The fraction of sp³-hybridized carbons (Fsp3) is 0.520. The van der Waals surface area contributed by atoms with E-state index < -0.39 is 5.79 Å². The van der Waals surface area contributed by atoms with E-state index in [4.69, 9.17) is 18.9 Å². The number of benzene rings is 2. The van der Waals surface area contributed by atoms with Crippen LogP contribution >= 0.6 is 0 Å². The maximum Gasteiger partial charge on any atom is 0.195 e. The second-order valence-electron chi connectivity index (χ2n) is 8.31. The Labute approximate surface area is 184 Å². The van der Waals surface area contributed by atoms with Crippen LogP contribution in [0.5, 0.6) is 11.5 Å². The number of likely N-dealkylation sites (tertiary alicyclic amines) is 1. The lowest BCUT2D eigenvalue weighted by Gasteiger charge is -2.34. The third-order valence-electron chi connectivity index (χ3n) is 6.40. The van der Waals surface area contributed by atoms with Gasteiger partial charge >= 0.3 is 0 Å². The highest BCUT2D eigenvalue weighted by atomic mass is 19.1. The van der Waals surface area contributed by atoms with Gasteiger partial charge in [0.25, 0.3) is 0 Å². The van der Waals surface area contributed by atoms with Crippen molar-refractivity contribution < 1.29 is 23.3 Å². The molecule has 1 unspecified atom stereocenters. The molecule has 2 fully saturated rings. The van der Waals surface area contributed by atoms with Crippen molar-refractivity contribution in [2.75, 3.05) is 47.1 Å². The summed E-state index contributed by atoms with van der Waals surface area (Å²) >= 11 is 0. The third kappa shape index (κ3) is 5.03. The highest BCUT2D eigenvalue weighted by molar-refractivity contribution is 5.44. The number of ether oxygens (including phenoxy) is 4. The first kappa shape index (κ1) is 22.1. The van der Waals surface area contributed by atoms with E-state index in [9.17, 15) is 4.39 Å². The van der Waals surface area contributed by atoms with Gasteiger partial charge in [-0.05, 0) is 68.1 Å². The largest absolute Gasteiger partial charge is 0.493 e. The van der Waals surface area contributed by atoms with Crippen molar-refractivity contribution in [2.24, 2.45) is 0 Å². The monoisotopic (exact) mass is 429 g/mol. The SMILES string of the molecule is COc1ccc(C2CCCN(CCCC3(c4ccc(F)cc4)OCCO3)C2)cc1OC. The Hall–Kier alpha value is -2.15. The van der Waals surface area contributed by atoms with E-state index in [0.29, 0.717) is 19.1 Å². The molecule has 0 saturated carbocycles. The minimum absolute atomic E-state index is 0.244. The van der Waals surface area contributed by atoms with E-state index in [1.807, 2.05) is 6.07 Å². The number of hydrogen-bond acceptors (Lipinski definition) is 5. The van der Waals surface area contributed by atoms with Gasteiger partial charge in [-0.25, -0.2) is 4.39 Å². The molecule has 168 valence electrons. The minimum atomic E-state index is -0.744. The first-order chi connectivity index (χ1) is 15.1. The van der Waals surface area contributed by atoms with Gasteiger partial charge in [0.2, 0.25) is 0 Å². The molecule has 1 atom stereocenters. The zero-order valence-corrected chi connectivity index (χ0v) is 18.4. The molecule has 2 saturated heterocycles. The minimum Gasteiger partial charge on any atom is -0.493 e. The van der Waals surface area contributed by atoms with Gasteiger partial charge in [-0.1, -0.05) is 18.2 Å². The molecule has 0 aromatic heterocycles. The summed E-state index contributed by atoms with van der Waals surface area (Å²) in [6.07, 6.45) is 4.07. The Balaban J connectivity index is 1.36. The van der Waals surface area contributed by atoms with Gasteiger partial charge in [0.1, 0.15) is 5.82 Å². The highest BCUT2D eigenvalue weighted by Crippen LogP contribution is 2.37. The summed E-state index contributed by atoms with van der Waals surface area (Å²) in [6.45, 7) is 4.26. The quantitative estimate of drug-likeness (QED) is 0.608. The zero-order chi connectivity index (χ0) is 21.7. The molecule has 2 aromatic rings. The molecule has 0 aliphatic carbocycles. The maximum absolute atomic E-state index is 13.4. The number of halogens is 1. The summed E-state index contributed by atoms with van der Waals surface area (Å²) in [5.74, 6) is 1.05. The number of hydrogen-bond donors (Lipinski definition) is 0. The number of piperidine rings is 1. The summed E-state index contributed by atoms with van der Waals surface area (Å²) in [5, 5.41) is 0. The van der Waals surface area contributed by atoms with E-state index in [1.165, 1.54) is 30.5 Å². The molecule has 4 rings (SSSR count). The molecule has 0 N–H and O–H groups in total. The summed E-state index contributed by atoms with van der Waals surface area (Å²) in [5.41, 5.74) is 2.20. The average Bonchev–Trinajstić information content (AvgIpc) is 3.29. The van der Waals surface area contributed by atoms with Crippen molar-refractivity contribution >= 4 is 0 Å². The number of rotatable bonds is 8. The van der Waals surface area contributed by atoms with E-state index >= 15 is 0 Å². The van der Waals surface area contributed by atoms with Gasteiger partial charge < -0.3 is 23.8 Å². The van der Waals surface area contributed by atoms with Crippen LogP contribution in [-0.2, 0) is 15.3 Å². The lowest BCUT2D eigenvalue weighted by molar-refractivity contribution is -0.172. The molecule has 31 heavy (non-hydrogen) atoms. The number of methoxy groups -OCH3 is 2. The Bertz CT molecular complexity index is 851. The van der Waals surface area contributed by atoms with Crippen LogP contribution in [0.3, 0.4) is 0 Å². The van der Waals surface area contributed by atoms with Crippen LogP contribution in [-0.4, -0.2) is 52.0 Å². The molecule has 0 amide bonds. The van der Waals surface area contributed by atoms with Crippen LogP contribution in [0.2, 0.25) is 0 Å². The molecule has 2 aromatic carbocycles. The summed E-state index contributed by atoms with van der Waals surface area (Å²) in [6, 6.07) is 12.7. The van der Waals surface area contributed by atoms with Gasteiger partial charge in [0, 0.05) is 18.5 Å². The van der Waals surface area contributed by atoms with Crippen molar-refractivity contribution in [3.05, 3.63) is 59.4 Å². The molecule has 5 nitrogen and oxygen atoms in total. The molecule has 6 heteroatoms. The van der Waals surface area contributed by atoms with Gasteiger partial charge in [0.05, 0.1) is 27.4 Å². The summed E-state index contributed by atoms with van der Waals surface area (Å²) in [7, 11) is 3.34. The Morgan fingerprint density at radius 3 is 2.48 bits per heavy atom. The lowest BCUT2D eigenvalue weighted by Crippen LogP contribution is -2.36. The van der Waals surface area contributed by atoms with Crippen LogP contribution in [0.15, 0.2) is 42.5 Å². The second-order valence-corrected chi connectivity index (χ2v) is 8.31. The maximum atomic E-state index is 13.4. The fourth-order valence-electron chi connectivity index (χ4n) is 4.79. The highest BCUT2D eigenvalue weighted by Gasteiger charge is 2.38. The van der Waals surface area contributed by atoms with E-state index in [1.54, 1.807) is 26.4 Å². The average molecular weight is 430 g/mol. The van der Waals surface area contributed by atoms with E-state index in [0.717, 1.165) is 49.5 Å². The topological polar surface area (TPSA) is 40.2 Å². The number of nitrogens with zero attached hydrogens (tertiary/aromatic N) is 1. The smallest absolute Gasteiger partial charge is 0.195 e. The molecule has 0 radical (unpaired) electrons. The Morgan fingerprint density at radius 2 is 1.77 bits per heavy atom.